The number of rotatable bonds is 6. The van der Waals surface area contributed by atoms with Crippen LogP contribution in [0.1, 0.15) is 24.8 Å². The first-order valence-electron chi connectivity index (χ1n) is 8.01. The minimum atomic E-state index is -3.51. The van der Waals surface area contributed by atoms with Crippen LogP contribution in [0.3, 0.4) is 0 Å². The molecule has 0 aromatic heterocycles. The first kappa shape index (κ1) is 17.9. The number of carbonyl (C=O) groups is 1. The Kier molecular flexibility index (Phi) is 5.81. The minimum absolute atomic E-state index is 0.125. The van der Waals surface area contributed by atoms with Gasteiger partial charge in [-0.1, -0.05) is 36.8 Å². The van der Waals surface area contributed by atoms with Crippen molar-refractivity contribution in [3.63, 3.8) is 0 Å². The van der Waals surface area contributed by atoms with E-state index in [-0.39, 0.29) is 11.9 Å². The highest BCUT2D eigenvalue weighted by molar-refractivity contribution is 7.89. The van der Waals surface area contributed by atoms with Gasteiger partial charge in [0.05, 0.1) is 0 Å². The number of sulfonamides is 1. The summed E-state index contributed by atoms with van der Waals surface area (Å²) in [7, 11) is 1.14. The minimum Gasteiger partial charge on any atom is -0.342 e. The van der Waals surface area contributed by atoms with Crippen molar-refractivity contribution < 1.29 is 13.2 Å². The SMILES string of the molecule is CN(C(=O)CS(=O)(=O)N(C)C)[C@H]1CCC[C@@H]1Cc1ccccc1. The molecule has 0 bridgehead atoms. The van der Waals surface area contributed by atoms with E-state index in [4.69, 9.17) is 0 Å². The van der Waals surface area contributed by atoms with E-state index < -0.39 is 15.8 Å². The Bertz CT molecular complexity index is 628. The summed E-state index contributed by atoms with van der Waals surface area (Å²) in [6.45, 7) is 0. The number of carbonyl (C=O) groups excluding carboxylic acids is 1. The van der Waals surface area contributed by atoms with Gasteiger partial charge in [-0.05, 0) is 30.7 Å². The van der Waals surface area contributed by atoms with Crippen LogP contribution in [0.4, 0.5) is 0 Å². The quantitative estimate of drug-likeness (QED) is 0.794. The van der Waals surface area contributed by atoms with E-state index in [0.717, 1.165) is 30.0 Å². The van der Waals surface area contributed by atoms with Crippen LogP contribution in [0.2, 0.25) is 0 Å². The average molecular weight is 338 g/mol. The summed E-state index contributed by atoms with van der Waals surface area (Å²) in [6, 6.07) is 10.4. The summed E-state index contributed by atoms with van der Waals surface area (Å²) in [5.74, 6) is -0.373. The summed E-state index contributed by atoms with van der Waals surface area (Å²) in [6.07, 6.45) is 4.04. The van der Waals surface area contributed by atoms with Crippen molar-refractivity contribution in [2.75, 3.05) is 26.9 Å². The maximum Gasteiger partial charge on any atom is 0.239 e. The molecule has 0 heterocycles. The van der Waals surface area contributed by atoms with Gasteiger partial charge in [0.25, 0.3) is 0 Å². The summed E-state index contributed by atoms with van der Waals surface area (Å²) in [4.78, 5) is 14.0. The van der Waals surface area contributed by atoms with Crippen LogP contribution in [0.15, 0.2) is 30.3 Å². The molecule has 6 heteroatoms. The molecule has 1 aliphatic carbocycles. The molecule has 1 fully saturated rings. The highest BCUT2D eigenvalue weighted by Crippen LogP contribution is 2.32. The van der Waals surface area contributed by atoms with E-state index >= 15 is 0 Å². The largest absolute Gasteiger partial charge is 0.342 e. The fourth-order valence-electron chi connectivity index (χ4n) is 3.25. The first-order chi connectivity index (χ1) is 10.8. The highest BCUT2D eigenvalue weighted by atomic mass is 32.2. The lowest BCUT2D eigenvalue weighted by Crippen LogP contribution is -2.44. The fraction of sp³-hybridized carbons (Fsp3) is 0.588. The van der Waals surface area contributed by atoms with Gasteiger partial charge in [-0.2, -0.15) is 0 Å². The molecule has 0 aliphatic heterocycles. The second kappa shape index (κ2) is 7.45. The molecule has 0 radical (unpaired) electrons. The van der Waals surface area contributed by atoms with E-state index in [1.165, 1.54) is 19.7 Å². The zero-order chi connectivity index (χ0) is 17.0. The Morgan fingerprint density at radius 3 is 2.39 bits per heavy atom. The van der Waals surface area contributed by atoms with Gasteiger partial charge in [0.1, 0.15) is 5.75 Å². The molecule has 23 heavy (non-hydrogen) atoms. The summed E-state index contributed by atoms with van der Waals surface area (Å²) >= 11 is 0. The molecule has 1 saturated carbocycles. The van der Waals surface area contributed by atoms with Gasteiger partial charge in [0.15, 0.2) is 0 Å². The molecule has 0 unspecified atom stereocenters. The van der Waals surface area contributed by atoms with Gasteiger partial charge in [0.2, 0.25) is 15.9 Å². The predicted molar refractivity (Wildman–Crippen MR) is 91.5 cm³/mol. The molecule has 0 spiro atoms. The number of hydrogen-bond acceptors (Lipinski definition) is 3. The van der Waals surface area contributed by atoms with Gasteiger partial charge in [0, 0.05) is 27.2 Å². The number of hydrogen-bond donors (Lipinski definition) is 0. The fourth-order valence-corrected chi connectivity index (χ4v) is 4.03. The lowest BCUT2D eigenvalue weighted by Gasteiger charge is -2.30. The second-order valence-electron chi connectivity index (χ2n) is 6.49. The standard InChI is InChI=1S/C17H26N2O3S/c1-18(2)23(21,22)13-17(20)19(3)16-11-7-10-15(16)12-14-8-5-4-6-9-14/h4-6,8-9,15-16H,7,10-13H2,1-3H3/t15-,16+/m1/s1. The van der Waals surface area contributed by atoms with Crippen LogP contribution < -0.4 is 0 Å². The van der Waals surface area contributed by atoms with Crippen LogP contribution in [-0.4, -0.2) is 56.5 Å². The van der Waals surface area contributed by atoms with Crippen molar-refractivity contribution in [3.05, 3.63) is 35.9 Å². The normalized spacial score (nSPS) is 21.6. The monoisotopic (exact) mass is 338 g/mol. The zero-order valence-corrected chi connectivity index (χ0v) is 14.9. The van der Waals surface area contributed by atoms with E-state index in [1.807, 2.05) is 18.2 Å². The lowest BCUT2D eigenvalue weighted by atomic mass is 9.94. The molecular formula is C17H26N2O3S. The van der Waals surface area contributed by atoms with Crippen LogP contribution in [0.25, 0.3) is 0 Å². The van der Waals surface area contributed by atoms with Crippen molar-refractivity contribution in [2.24, 2.45) is 5.92 Å². The van der Waals surface area contributed by atoms with Gasteiger partial charge in [-0.3, -0.25) is 4.79 Å². The summed E-state index contributed by atoms with van der Waals surface area (Å²) in [5, 5.41) is 0. The third-order valence-electron chi connectivity index (χ3n) is 4.71. The summed E-state index contributed by atoms with van der Waals surface area (Å²) in [5.41, 5.74) is 1.27. The Balaban J connectivity index is 2.02. The highest BCUT2D eigenvalue weighted by Gasteiger charge is 2.34. The number of amides is 1. The average Bonchev–Trinajstić information content (AvgIpc) is 2.95. The Morgan fingerprint density at radius 1 is 1.13 bits per heavy atom. The van der Waals surface area contributed by atoms with Crippen molar-refractivity contribution in [1.29, 1.82) is 0 Å². The molecule has 5 nitrogen and oxygen atoms in total. The van der Waals surface area contributed by atoms with Gasteiger partial charge in [-0.25, -0.2) is 12.7 Å². The van der Waals surface area contributed by atoms with Crippen LogP contribution >= 0.6 is 0 Å². The Hall–Kier alpha value is -1.40. The zero-order valence-electron chi connectivity index (χ0n) is 14.1. The van der Waals surface area contributed by atoms with Gasteiger partial charge >= 0.3 is 0 Å². The van der Waals surface area contributed by atoms with Crippen LogP contribution in [0.5, 0.6) is 0 Å². The molecule has 1 aliphatic rings. The van der Waals surface area contributed by atoms with Crippen molar-refractivity contribution in [1.82, 2.24) is 9.21 Å². The number of nitrogens with zero attached hydrogens (tertiary/aromatic N) is 2. The van der Waals surface area contributed by atoms with Crippen LogP contribution in [-0.2, 0) is 21.2 Å². The smallest absolute Gasteiger partial charge is 0.239 e. The van der Waals surface area contributed by atoms with E-state index in [9.17, 15) is 13.2 Å². The van der Waals surface area contributed by atoms with E-state index in [1.54, 1.807) is 11.9 Å². The van der Waals surface area contributed by atoms with Crippen molar-refractivity contribution >= 4 is 15.9 Å². The van der Waals surface area contributed by atoms with Gasteiger partial charge < -0.3 is 4.90 Å². The maximum atomic E-state index is 12.4. The molecule has 2 rings (SSSR count). The first-order valence-corrected chi connectivity index (χ1v) is 9.62. The molecule has 128 valence electrons. The summed E-state index contributed by atoms with van der Waals surface area (Å²) < 4.78 is 24.9. The third-order valence-corrected chi connectivity index (χ3v) is 6.44. The number of benzene rings is 1. The molecular weight excluding hydrogens is 312 g/mol. The predicted octanol–water partition coefficient (Wildman–Crippen LogP) is 1.75. The molecule has 1 aromatic carbocycles. The molecule has 2 atom stereocenters. The molecule has 0 N–H and O–H groups in total. The maximum absolute atomic E-state index is 12.4. The Morgan fingerprint density at radius 2 is 1.78 bits per heavy atom. The van der Waals surface area contributed by atoms with Crippen molar-refractivity contribution in [3.8, 4) is 0 Å². The van der Waals surface area contributed by atoms with E-state index in [0.29, 0.717) is 5.92 Å². The molecule has 1 aromatic rings. The molecule has 0 saturated heterocycles. The molecule has 1 amide bonds. The Labute approximate surface area is 139 Å². The lowest BCUT2D eigenvalue weighted by molar-refractivity contribution is -0.129. The van der Waals surface area contributed by atoms with E-state index in [2.05, 4.69) is 12.1 Å². The third kappa shape index (κ3) is 4.54. The van der Waals surface area contributed by atoms with Gasteiger partial charge in [-0.15, -0.1) is 0 Å². The topological polar surface area (TPSA) is 57.7 Å². The second-order valence-corrected chi connectivity index (χ2v) is 8.67. The van der Waals surface area contributed by atoms with Crippen LogP contribution in [0, 0.1) is 5.92 Å². The van der Waals surface area contributed by atoms with Crippen molar-refractivity contribution in [2.45, 2.75) is 31.7 Å².